The van der Waals surface area contributed by atoms with Crippen molar-refractivity contribution in [2.75, 3.05) is 0 Å². The van der Waals surface area contributed by atoms with Crippen LogP contribution < -0.4 is 5.46 Å². The van der Waals surface area contributed by atoms with Gasteiger partial charge in [0.05, 0.1) is 27.9 Å². The maximum atomic E-state index is 6.28. The average molecular weight is 509 g/mol. The van der Waals surface area contributed by atoms with E-state index >= 15 is 0 Å². The quantitative estimate of drug-likeness (QED) is 0.191. The van der Waals surface area contributed by atoms with Crippen molar-refractivity contribution in [3.05, 3.63) is 97.2 Å². The molecule has 0 saturated carbocycles. The normalized spacial score (nSPS) is 16.4. The van der Waals surface area contributed by atoms with Crippen LogP contribution in [-0.4, -0.2) is 33.3 Å². The molecule has 190 valence electrons. The molecule has 1 aliphatic rings. The van der Waals surface area contributed by atoms with Crippen molar-refractivity contribution in [2.45, 2.75) is 38.9 Å². The molecule has 0 radical (unpaired) electrons. The van der Waals surface area contributed by atoms with E-state index in [0.717, 1.165) is 54.9 Å². The Morgan fingerprint density at radius 1 is 0.641 bits per heavy atom. The van der Waals surface area contributed by atoms with Crippen LogP contribution in [0.5, 0.6) is 0 Å². The standard InChI is InChI=1S/C33H28BN3O2/c1-32(2)33(3,4)39-34(38-32)25-15-11-22(12-16-25)30-29-26-10-6-5-8-21(26)13-18-28(29)36-31(37-30)24-14-17-27-23(20-24)9-7-19-35-27/h5-20H,1-4H3. The molecule has 0 aliphatic carbocycles. The number of rotatable bonds is 3. The highest BCUT2D eigenvalue weighted by molar-refractivity contribution is 6.62. The van der Waals surface area contributed by atoms with Gasteiger partial charge in [0.15, 0.2) is 5.82 Å². The summed E-state index contributed by atoms with van der Waals surface area (Å²) in [5.41, 5.74) is 4.96. The Bertz CT molecular complexity index is 1870. The van der Waals surface area contributed by atoms with E-state index in [4.69, 9.17) is 19.3 Å². The first-order chi connectivity index (χ1) is 18.8. The van der Waals surface area contributed by atoms with E-state index in [-0.39, 0.29) is 11.2 Å². The summed E-state index contributed by atoms with van der Waals surface area (Å²) in [5.74, 6) is 0.688. The van der Waals surface area contributed by atoms with Gasteiger partial charge >= 0.3 is 7.12 Å². The summed E-state index contributed by atoms with van der Waals surface area (Å²) in [7, 11) is -0.409. The lowest BCUT2D eigenvalue weighted by atomic mass is 9.78. The second kappa shape index (κ2) is 8.70. The third-order valence-electron chi connectivity index (χ3n) is 8.16. The van der Waals surface area contributed by atoms with Gasteiger partial charge in [0, 0.05) is 28.1 Å². The van der Waals surface area contributed by atoms with Gasteiger partial charge in [-0.2, -0.15) is 0 Å². The first-order valence-corrected chi connectivity index (χ1v) is 13.3. The minimum absolute atomic E-state index is 0.387. The average Bonchev–Trinajstić information content (AvgIpc) is 3.18. The highest BCUT2D eigenvalue weighted by Crippen LogP contribution is 2.37. The Morgan fingerprint density at radius 3 is 2.13 bits per heavy atom. The van der Waals surface area contributed by atoms with Gasteiger partial charge in [-0.05, 0) is 74.3 Å². The van der Waals surface area contributed by atoms with Crippen LogP contribution in [0.2, 0.25) is 0 Å². The van der Waals surface area contributed by atoms with Gasteiger partial charge in [0.25, 0.3) is 0 Å². The Kier molecular flexibility index (Phi) is 5.34. The number of hydrogen-bond donors (Lipinski definition) is 0. The number of fused-ring (bicyclic) bond motifs is 4. The lowest BCUT2D eigenvalue weighted by Gasteiger charge is -2.32. The summed E-state index contributed by atoms with van der Waals surface area (Å²) >= 11 is 0. The van der Waals surface area contributed by atoms with Gasteiger partial charge in [-0.15, -0.1) is 0 Å². The van der Waals surface area contributed by atoms with Crippen molar-refractivity contribution in [2.24, 2.45) is 0 Å². The molecule has 1 saturated heterocycles. The van der Waals surface area contributed by atoms with Gasteiger partial charge in [0.2, 0.25) is 0 Å². The number of aromatic nitrogens is 3. The molecule has 1 fully saturated rings. The smallest absolute Gasteiger partial charge is 0.399 e. The van der Waals surface area contributed by atoms with Crippen LogP contribution in [0.15, 0.2) is 97.2 Å². The lowest BCUT2D eigenvalue weighted by molar-refractivity contribution is 0.00578. The fourth-order valence-electron chi connectivity index (χ4n) is 5.23. The van der Waals surface area contributed by atoms with E-state index in [1.165, 1.54) is 0 Å². The molecule has 1 aliphatic heterocycles. The molecule has 6 aromatic rings. The highest BCUT2D eigenvalue weighted by Gasteiger charge is 2.51. The summed E-state index contributed by atoms with van der Waals surface area (Å²) in [6, 6.07) is 31.2. The maximum absolute atomic E-state index is 6.28. The SMILES string of the molecule is CC1(C)OB(c2ccc(-c3nc(-c4ccc5ncccc5c4)nc4ccc5ccccc5c34)cc2)OC1(C)C. The first-order valence-electron chi connectivity index (χ1n) is 13.3. The number of nitrogens with zero attached hydrogens (tertiary/aromatic N) is 3. The fourth-order valence-corrected chi connectivity index (χ4v) is 5.23. The van der Waals surface area contributed by atoms with Crippen molar-refractivity contribution in [1.29, 1.82) is 0 Å². The Morgan fingerprint density at radius 2 is 1.33 bits per heavy atom. The third kappa shape index (κ3) is 3.99. The monoisotopic (exact) mass is 509 g/mol. The Hall–Kier alpha value is -4.13. The van der Waals surface area contributed by atoms with Gasteiger partial charge in [-0.3, -0.25) is 4.98 Å². The molecule has 0 bridgehead atoms. The zero-order chi connectivity index (χ0) is 26.8. The molecule has 6 heteroatoms. The molecular weight excluding hydrogens is 481 g/mol. The molecule has 0 atom stereocenters. The molecule has 0 amide bonds. The van der Waals surface area contributed by atoms with Crippen molar-refractivity contribution in [3.8, 4) is 22.6 Å². The van der Waals surface area contributed by atoms with Crippen LogP contribution in [-0.2, 0) is 9.31 Å². The van der Waals surface area contributed by atoms with Crippen LogP contribution >= 0.6 is 0 Å². The number of hydrogen-bond acceptors (Lipinski definition) is 5. The van der Waals surface area contributed by atoms with E-state index in [1.54, 1.807) is 0 Å². The van der Waals surface area contributed by atoms with Gasteiger partial charge in [-0.1, -0.05) is 60.7 Å². The van der Waals surface area contributed by atoms with E-state index < -0.39 is 7.12 Å². The zero-order valence-corrected chi connectivity index (χ0v) is 22.5. The predicted octanol–water partition coefficient (Wildman–Crippen LogP) is 6.96. The highest BCUT2D eigenvalue weighted by atomic mass is 16.7. The molecule has 39 heavy (non-hydrogen) atoms. The molecule has 2 aromatic heterocycles. The second-order valence-electron chi connectivity index (χ2n) is 11.2. The van der Waals surface area contributed by atoms with Crippen LogP contribution in [0.1, 0.15) is 27.7 Å². The molecule has 7 rings (SSSR count). The van der Waals surface area contributed by atoms with Gasteiger partial charge in [-0.25, -0.2) is 9.97 Å². The van der Waals surface area contributed by atoms with Crippen molar-refractivity contribution in [1.82, 2.24) is 15.0 Å². The topological polar surface area (TPSA) is 57.1 Å². The van der Waals surface area contributed by atoms with Gasteiger partial charge < -0.3 is 9.31 Å². The molecule has 5 nitrogen and oxygen atoms in total. The summed E-state index contributed by atoms with van der Waals surface area (Å²) in [6.45, 7) is 8.29. The minimum atomic E-state index is -0.409. The van der Waals surface area contributed by atoms with Gasteiger partial charge in [0.1, 0.15) is 0 Å². The molecule has 4 aromatic carbocycles. The lowest BCUT2D eigenvalue weighted by Crippen LogP contribution is -2.41. The van der Waals surface area contributed by atoms with E-state index in [2.05, 4.69) is 105 Å². The second-order valence-corrected chi connectivity index (χ2v) is 11.2. The van der Waals surface area contributed by atoms with E-state index in [9.17, 15) is 0 Å². The molecule has 0 unspecified atom stereocenters. The predicted molar refractivity (Wildman–Crippen MR) is 159 cm³/mol. The maximum Gasteiger partial charge on any atom is 0.494 e. The van der Waals surface area contributed by atoms with E-state index in [0.29, 0.717) is 5.82 Å². The van der Waals surface area contributed by atoms with Crippen LogP contribution in [0.3, 0.4) is 0 Å². The summed E-state index contributed by atoms with van der Waals surface area (Å²) in [6.07, 6.45) is 1.81. The summed E-state index contributed by atoms with van der Waals surface area (Å²) in [5, 5.41) is 4.40. The Balaban J connectivity index is 1.39. The molecule has 0 N–H and O–H groups in total. The zero-order valence-electron chi connectivity index (χ0n) is 22.5. The fraction of sp³-hybridized carbons (Fsp3) is 0.182. The summed E-state index contributed by atoms with van der Waals surface area (Å²) in [4.78, 5) is 14.7. The number of benzene rings is 4. The summed E-state index contributed by atoms with van der Waals surface area (Å²) < 4.78 is 12.6. The largest absolute Gasteiger partial charge is 0.494 e. The van der Waals surface area contributed by atoms with E-state index in [1.807, 2.05) is 24.4 Å². The molecular formula is C33H28BN3O2. The molecule has 0 spiro atoms. The third-order valence-corrected chi connectivity index (χ3v) is 8.16. The number of pyridine rings is 1. The van der Waals surface area contributed by atoms with Crippen LogP contribution in [0.25, 0.3) is 55.2 Å². The Labute approximate surface area is 228 Å². The van der Waals surface area contributed by atoms with Crippen molar-refractivity contribution >= 4 is 45.2 Å². The first kappa shape index (κ1) is 24.0. The van der Waals surface area contributed by atoms with Crippen LogP contribution in [0, 0.1) is 0 Å². The molecule has 3 heterocycles. The van der Waals surface area contributed by atoms with Crippen molar-refractivity contribution < 1.29 is 9.31 Å². The van der Waals surface area contributed by atoms with Crippen molar-refractivity contribution in [3.63, 3.8) is 0 Å². The minimum Gasteiger partial charge on any atom is -0.399 e. The van der Waals surface area contributed by atoms with Crippen LogP contribution in [0.4, 0.5) is 0 Å².